The fourth-order valence-electron chi connectivity index (χ4n) is 7.09. The van der Waals surface area contributed by atoms with Gasteiger partial charge in [0, 0.05) is 0 Å². The Morgan fingerprint density at radius 3 is 2.15 bits per heavy atom. The molecule has 0 spiro atoms. The van der Waals surface area contributed by atoms with Crippen molar-refractivity contribution in [2.75, 3.05) is 29.5 Å². The second kappa shape index (κ2) is 8.59. The van der Waals surface area contributed by atoms with E-state index in [0.29, 0.717) is 17.1 Å². The van der Waals surface area contributed by atoms with E-state index in [9.17, 15) is 13.2 Å². The van der Waals surface area contributed by atoms with Gasteiger partial charge in [-0.15, -0.1) is 0 Å². The predicted octanol–water partition coefficient (Wildman–Crippen LogP) is 4.88. The van der Waals surface area contributed by atoms with Crippen LogP contribution in [0, 0.1) is 24.7 Å². The number of nitrogens with zero attached hydrogens (tertiary/aromatic N) is 1. The molecule has 4 aliphatic rings. The van der Waals surface area contributed by atoms with Crippen molar-refractivity contribution < 1.29 is 17.9 Å². The Kier molecular flexibility index (Phi) is 5.87. The summed E-state index contributed by atoms with van der Waals surface area (Å²) in [6.07, 6.45) is 9.08. The van der Waals surface area contributed by atoms with Gasteiger partial charge in [0.25, 0.3) is 0 Å². The molecule has 1 amide bonds. The van der Waals surface area contributed by atoms with Crippen LogP contribution in [0.2, 0.25) is 0 Å². The number of carbonyl (C=O) groups is 1. The van der Waals surface area contributed by atoms with E-state index in [2.05, 4.69) is 17.4 Å². The number of hydrogen-bond acceptors (Lipinski definition) is 4. The number of amides is 1. The number of methoxy groups -OCH3 is 1. The zero-order chi connectivity index (χ0) is 24.1. The minimum absolute atomic E-state index is 0.252. The van der Waals surface area contributed by atoms with Gasteiger partial charge < -0.3 is 10.1 Å². The van der Waals surface area contributed by atoms with Gasteiger partial charge >= 0.3 is 0 Å². The van der Waals surface area contributed by atoms with Gasteiger partial charge in [0.15, 0.2) is 0 Å². The van der Waals surface area contributed by atoms with Crippen LogP contribution in [0.15, 0.2) is 42.5 Å². The van der Waals surface area contributed by atoms with Crippen LogP contribution in [0.3, 0.4) is 0 Å². The third-order valence-electron chi connectivity index (χ3n) is 8.12. The number of hydrogen-bond donors (Lipinski definition) is 1. The molecule has 0 aromatic heterocycles. The lowest BCUT2D eigenvalue weighted by Crippen LogP contribution is -2.48. The van der Waals surface area contributed by atoms with Gasteiger partial charge in [-0.3, -0.25) is 9.10 Å². The van der Waals surface area contributed by atoms with Crippen molar-refractivity contribution in [3.63, 3.8) is 0 Å². The van der Waals surface area contributed by atoms with Gasteiger partial charge in [0.1, 0.15) is 12.3 Å². The van der Waals surface area contributed by atoms with E-state index in [1.165, 1.54) is 55.5 Å². The monoisotopic (exact) mass is 482 g/mol. The third kappa shape index (κ3) is 4.42. The SMILES string of the molecule is COc1ccc(C)cc1NC(=O)CN(c1ccc(C23CC4CC(CC(C4)C2)C3)cc1)S(C)(=O)=O. The van der Waals surface area contributed by atoms with Crippen LogP contribution < -0.4 is 14.4 Å². The Bertz CT molecular complexity index is 1150. The Labute approximate surface area is 202 Å². The first-order valence-corrected chi connectivity index (χ1v) is 14.0. The van der Waals surface area contributed by atoms with Crippen molar-refractivity contribution in [2.24, 2.45) is 17.8 Å². The first-order valence-electron chi connectivity index (χ1n) is 12.2. The zero-order valence-corrected chi connectivity index (χ0v) is 21.0. The van der Waals surface area contributed by atoms with Crippen LogP contribution in [-0.2, 0) is 20.2 Å². The highest BCUT2D eigenvalue weighted by molar-refractivity contribution is 7.92. The standard InChI is InChI=1S/C27H34N2O4S/c1-18-4-9-25(33-2)24(10-18)28-26(30)17-29(34(3,31)32)23-7-5-22(6-8-23)27-14-19-11-20(15-27)13-21(12-19)16-27/h4-10,19-21H,11-17H2,1-3H3,(H,28,30). The van der Waals surface area contributed by atoms with Crippen LogP contribution >= 0.6 is 0 Å². The fraction of sp³-hybridized carbons (Fsp3) is 0.519. The van der Waals surface area contributed by atoms with Gasteiger partial charge in [-0.2, -0.15) is 0 Å². The van der Waals surface area contributed by atoms with Crippen LogP contribution in [0.5, 0.6) is 5.75 Å². The number of ether oxygens (including phenoxy) is 1. The number of rotatable bonds is 7. The van der Waals surface area contributed by atoms with Gasteiger partial charge in [-0.1, -0.05) is 18.2 Å². The summed E-state index contributed by atoms with van der Waals surface area (Å²) < 4.78 is 31.7. The molecule has 7 heteroatoms. The number of carbonyl (C=O) groups excluding carboxylic acids is 1. The summed E-state index contributed by atoms with van der Waals surface area (Å²) in [6.45, 7) is 1.62. The smallest absolute Gasteiger partial charge is 0.245 e. The number of sulfonamides is 1. The fourth-order valence-corrected chi connectivity index (χ4v) is 7.94. The molecule has 1 N–H and O–H groups in total. The molecule has 0 radical (unpaired) electrons. The Hall–Kier alpha value is -2.54. The van der Waals surface area contributed by atoms with Crippen LogP contribution in [0.4, 0.5) is 11.4 Å². The van der Waals surface area contributed by atoms with Gasteiger partial charge in [0.2, 0.25) is 15.9 Å². The quantitative estimate of drug-likeness (QED) is 0.611. The molecule has 0 aliphatic heterocycles. The van der Waals surface area contributed by atoms with Gasteiger partial charge in [-0.05, 0) is 104 Å². The van der Waals surface area contributed by atoms with Crippen molar-refractivity contribution in [1.29, 1.82) is 0 Å². The molecule has 0 heterocycles. The number of benzene rings is 2. The van der Waals surface area contributed by atoms with Gasteiger partial charge in [-0.25, -0.2) is 8.42 Å². The molecule has 4 bridgehead atoms. The van der Waals surface area contributed by atoms with Crippen LogP contribution in [0.1, 0.15) is 49.7 Å². The van der Waals surface area contributed by atoms with Crippen molar-refractivity contribution in [2.45, 2.75) is 50.9 Å². The minimum Gasteiger partial charge on any atom is -0.495 e. The molecular formula is C27H34N2O4S. The largest absolute Gasteiger partial charge is 0.495 e. The third-order valence-corrected chi connectivity index (χ3v) is 9.26. The number of nitrogens with one attached hydrogen (secondary N) is 1. The molecule has 182 valence electrons. The Balaban J connectivity index is 1.35. The number of aryl methyl sites for hydroxylation is 1. The summed E-state index contributed by atoms with van der Waals surface area (Å²) in [5, 5.41) is 2.80. The van der Waals surface area contributed by atoms with Crippen LogP contribution in [-0.4, -0.2) is 34.2 Å². The maximum absolute atomic E-state index is 12.8. The molecule has 0 unspecified atom stereocenters. The summed E-state index contributed by atoms with van der Waals surface area (Å²) in [6, 6.07) is 13.4. The molecule has 2 aromatic carbocycles. The van der Waals surface area contributed by atoms with Crippen molar-refractivity contribution in [1.82, 2.24) is 0 Å². The van der Waals surface area contributed by atoms with Crippen molar-refractivity contribution >= 4 is 27.3 Å². The lowest BCUT2D eigenvalue weighted by Gasteiger charge is -2.57. The lowest BCUT2D eigenvalue weighted by atomic mass is 9.48. The summed E-state index contributed by atoms with van der Waals surface area (Å²) in [5.74, 6) is 2.66. The zero-order valence-electron chi connectivity index (χ0n) is 20.2. The molecule has 0 saturated heterocycles. The van der Waals surface area contributed by atoms with Crippen molar-refractivity contribution in [3.8, 4) is 5.75 Å². The van der Waals surface area contributed by atoms with E-state index in [-0.39, 0.29) is 12.0 Å². The van der Waals surface area contributed by atoms with E-state index >= 15 is 0 Å². The molecule has 2 aromatic rings. The molecule has 4 aliphatic carbocycles. The average Bonchev–Trinajstić information content (AvgIpc) is 2.76. The molecular weight excluding hydrogens is 448 g/mol. The summed E-state index contributed by atoms with van der Waals surface area (Å²) in [4.78, 5) is 12.8. The van der Waals surface area contributed by atoms with Crippen LogP contribution in [0.25, 0.3) is 0 Å². The summed E-state index contributed by atoms with van der Waals surface area (Å²) in [7, 11) is -2.11. The summed E-state index contributed by atoms with van der Waals surface area (Å²) >= 11 is 0. The minimum atomic E-state index is -3.65. The van der Waals surface area contributed by atoms with Crippen molar-refractivity contribution in [3.05, 3.63) is 53.6 Å². The van der Waals surface area contributed by atoms with E-state index in [4.69, 9.17) is 4.74 Å². The normalized spacial score (nSPS) is 27.4. The molecule has 6 rings (SSSR count). The maximum atomic E-state index is 12.8. The lowest BCUT2D eigenvalue weighted by molar-refractivity contribution is -0.114. The first-order chi connectivity index (χ1) is 16.1. The van der Waals surface area contributed by atoms with E-state index in [0.717, 1.165) is 29.6 Å². The van der Waals surface area contributed by atoms with E-state index in [1.807, 2.05) is 31.2 Å². The molecule has 34 heavy (non-hydrogen) atoms. The number of anilines is 2. The Morgan fingerprint density at radius 1 is 1.03 bits per heavy atom. The Morgan fingerprint density at radius 2 is 1.62 bits per heavy atom. The highest BCUT2D eigenvalue weighted by Gasteiger charge is 2.51. The highest BCUT2D eigenvalue weighted by atomic mass is 32.2. The second-order valence-corrected chi connectivity index (χ2v) is 12.7. The van der Waals surface area contributed by atoms with E-state index in [1.54, 1.807) is 6.07 Å². The highest BCUT2D eigenvalue weighted by Crippen LogP contribution is 2.60. The summed E-state index contributed by atoms with van der Waals surface area (Å²) in [5.41, 5.74) is 3.59. The molecule has 4 fully saturated rings. The maximum Gasteiger partial charge on any atom is 0.245 e. The topological polar surface area (TPSA) is 75.7 Å². The molecule has 4 saturated carbocycles. The van der Waals surface area contributed by atoms with Gasteiger partial charge in [0.05, 0.1) is 24.7 Å². The second-order valence-electron chi connectivity index (χ2n) is 10.8. The molecule has 0 atom stereocenters. The van der Waals surface area contributed by atoms with E-state index < -0.39 is 15.9 Å². The predicted molar refractivity (Wildman–Crippen MR) is 135 cm³/mol. The molecule has 6 nitrogen and oxygen atoms in total. The average molecular weight is 483 g/mol. The first kappa shape index (κ1) is 23.2.